The highest BCUT2D eigenvalue weighted by molar-refractivity contribution is 5.55. The minimum atomic E-state index is -0.171. The molecule has 3 N–H and O–H groups in total. The van der Waals surface area contributed by atoms with E-state index < -0.39 is 0 Å². The van der Waals surface area contributed by atoms with Crippen LogP contribution in [-0.4, -0.2) is 14.9 Å². The molecule has 5 nitrogen and oxygen atoms in total. The maximum atomic E-state index is 12.6. The van der Waals surface area contributed by atoms with Gasteiger partial charge in [0.2, 0.25) is 0 Å². The van der Waals surface area contributed by atoms with Crippen molar-refractivity contribution in [3.63, 3.8) is 0 Å². The predicted molar refractivity (Wildman–Crippen MR) is 92.1 cm³/mol. The van der Waals surface area contributed by atoms with E-state index in [-0.39, 0.29) is 11.3 Å². The van der Waals surface area contributed by atoms with Gasteiger partial charge in [0.25, 0.3) is 5.56 Å². The summed E-state index contributed by atoms with van der Waals surface area (Å²) in [4.78, 5) is 12.6. The first-order valence-corrected chi connectivity index (χ1v) is 7.18. The third kappa shape index (κ3) is 2.89. The van der Waals surface area contributed by atoms with Gasteiger partial charge >= 0.3 is 0 Å². The van der Waals surface area contributed by atoms with Crippen LogP contribution >= 0.6 is 0 Å². The second-order valence-corrected chi connectivity index (χ2v) is 5.27. The van der Waals surface area contributed by atoms with Crippen molar-refractivity contribution >= 4 is 18.5 Å². The van der Waals surface area contributed by atoms with Crippen LogP contribution in [0.5, 0.6) is 5.75 Å². The number of aromatic hydroxyl groups is 1. The second-order valence-electron chi connectivity index (χ2n) is 5.27. The summed E-state index contributed by atoms with van der Waals surface area (Å²) in [6, 6.07) is 14.2. The van der Waals surface area contributed by atoms with E-state index in [1.165, 1.54) is 4.68 Å². The van der Waals surface area contributed by atoms with Gasteiger partial charge in [0.15, 0.2) is 0 Å². The summed E-state index contributed by atoms with van der Waals surface area (Å²) in [5.74, 6) is 0.192. The fraction of sp³-hybridized carbons (Fsp3) is 0.0556. The van der Waals surface area contributed by atoms with Crippen LogP contribution in [0.3, 0.4) is 0 Å². The fourth-order valence-electron chi connectivity index (χ4n) is 2.34. The molecule has 0 saturated heterocycles. The Kier molecular flexibility index (Phi) is 3.76. The topological polar surface area (TPSA) is 70.0 Å². The van der Waals surface area contributed by atoms with Gasteiger partial charge in [-0.2, -0.15) is 0 Å². The lowest BCUT2D eigenvalue weighted by molar-refractivity contribution is 0.475. The summed E-state index contributed by atoms with van der Waals surface area (Å²) in [6.45, 7) is 5.84. The number of aromatic amines is 1. The molecule has 3 rings (SSSR count). The van der Waals surface area contributed by atoms with Crippen LogP contribution in [-0.2, 0) is 0 Å². The Morgan fingerprint density at radius 3 is 2.57 bits per heavy atom. The van der Waals surface area contributed by atoms with Crippen LogP contribution in [0.15, 0.2) is 53.3 Å². The van der Waals surface area contributed by atoms with Gasteiger partial charge in [-0.05, 0) is 42.8 Å². The zero-order chi connectivity index (χ0) is 16.4. The molecule has 0 fully saturated rings. The molecule has 0 unspecified atom stereocenters. The fourth-order valence-corrected chi connectivity index (χ4v) is 2.34. The van der Waals surface area contributed by atoms with Crippen LogP contribution in [0.25, 0.3) is 18.5 Å². The average molecular weight is 307 g/mol. The van der Waals surface area contributed by atoms with Crippen LogP contribution in [0, 0.1) is 6.92 Å². The summed E-state index contributed by atoms with van der Waals surface area (Å²) in [7, 11) is 0. The Labute approximate surface area is 132 Å². The minimum Gasteiger partial charge on any atom is -0.508 e. The van der Waals surface area contributed by atoms with Crippen molar-refractivity contribution < 1.29 is 5.11 Å². The first-order valence-electron chi connectivity index (χ1n) is 7.18. The monoisotopic (exact) mass is 307 g/mol. The van der Waals surface area contributed by atoms with E-state index in [1.54, 1.807) is 30.5 Å². The van der Waals surface area contributed by atoms with E-state index in [1.807, 2.05) is 31.2 Å². The largest absolute Gasteiger partial charge is 0.508 e. The molecular weight excluding hydrogens is 290 g/mol. The molecule has 1 heterocycles. The van der Waals surface area contributed by atoms with Crippen molar-refractivity contribution in [1.29, 1.82) is 0 Å². The van der Waals surface area contributed by atoms with Crippen molar-refractivity contribution in [2.45, 2.75) is 6.92 Å². The molecule has 0 atom stereocenters. The summed E-state index contributed by atoms with van der Waals surface area (Å²) in [5, 5.41) is 16.3. The summed E-state index contributed by atoms with van der Waals surface area (Å²) < 4.78 is 1.49. The maximum absolute atomic E-state index is 12.6. The Balaban J connectivity index is 2.03. The van der Waals surface area contributed by atoms with E-state index >= 15 is 0 Å². The van der Waals surface area contributed by atoms with Crippen LogP contribution in [0.1, 0.15) is 5.56 Å². The standard InChI is InChI=1S/C18H17N3O2/c1-12-5-3-4-6-17(12)21-18(23)16(13(2)20-21)11-19-14-7-9-15(22)10-8-14/h3-11,19-20,22H,2H2,1H3. The Bertz CT molecular complexity index is 998. The lowest BCUT2D eigenvalue weighted by atomic mass is 10.2. The average Bonchev–Trinajstić information content (AvgIpc) is 2.82. The highest BCUT2D eigenvalue weighted by Crippen LogP contribution is 2.13. The number of para-hydroxylation sites is 1. The molecule has 116 valence electrons. The molecule has 0 aliphatic heterocycles. The Hall–Kier alpha value is -3.21. The first-order chi connectivity index (χ1) is 11.1. The Morgan fingerprint density at radius 2 is 1.87 bits per heavy atom. The van der Waals surface area contributed by atoms with E-state index in [0.717, 1.165) is 16.9 Å². The number of aryl methyl sites for hydroxylation is 1. The normalized spacial score (nSPS) is 11.6. The summed E-state index contributed by atoms with van der Waals surface area (Å²) >= 11 is 0. The molecule has 0 bridgehead atoms. The smallest absolute Gasteiger partial charge is 0.280 e. The highest BCUT2D eigenvalue weighted by Gasteiger charge is 2.06. The van der Waals surface area contributed by atoms with Gasteiger partial charge in [-0.3, -0.25) is 9.89 Å². The van der Waals surface area contributed by atoms with Gasteiger partial charge in [-0.1, -0.05) is 24.8 Å². The predicted octanol–water partition coefficient (Wildman–Crippen LogP) is 1.44. The van der Waals surface area contributed by atoms with Gasteiger partial charge in [0.1, 0.15) is 5.75 Å². The van der Waals surface area contributed by atoms with Crippen molar-refractivity contribution in [2.24, 2.45) is 0 Å². The second kappa shape index (κ2) is 5.88. The van der Waals surface area contributed by atoms with E-state index in [4.69, 9.17) is 0 Å². The van der Waals surface area contributed by atoms with Gasteiger partial charge in [-0.25, -0.2) is 4.68 Å². The number of phenols is 1. The minimum absolute atomic E-state index is 0.171. The van der Waals surface area contributed by atoms with Crippen molar-refractivity contribution in [3.05, 3.63) is 75.0 Å². The zero-order valence-electron chi connectivity index (χ0n) is 12.7. The molecule has 5 heteroatoms. The Morgan fingerprint density at radius 1 is 1.17 bits per heavy atom. The number of aromatic nitrogens is 2. The highest BCUT2D eigenvalue weighted by atomic mass is 16.3. The van der Waals surface area contributed by atoms with E-state index in [2.05, 4.69) is 17.0 Å². The molecule has 3 aromatic rings. The lowest BCUT2D eigenvalue weighted by Crippen LogP contribution is -2.34. The number of rotatable bonds is 3. The van der Waals surface area contributed by atoms with Gasteiger partial charge in [0, 0.05) is 11.9 Å². The van der Waals surface area contributed by atoms with Gasteiger partial charge < -0.3 is 10.4 Å². The quantitative estimate of drug-likeness (QED) is 0.641. The van der Waals surface area contributed by atoms with Crippen molar-refractivity contribution in [3.8, 4) is 11.4 Å². The van der Waals surface area contributed by atoms with E-state index in [0.29, 0.717) is 10.6 Å². The number of anilines is 1. The summed E-state index contributed by atoms with van der Waals surface area (Å²) in [6.07, 6.45) is 1.61. The van der Waals surface area contributed by atoms with Crippen LogP contribution in [0.4, 0.5) is 5.69 Å². The molecule has 23 heavy (non-hydrogen) atoms. The molecular formula is C18H17N3O2. The number of hydrogen-bond donors (Lipinski definition) is 3. The van der Waals surface area contributed by atoms with Crippen molar-refractivity contribution in [1.82, 2.24) is 9.78 Å². The van der Waals surface area contributed by atoms with Crippen LogP contribution in [0.2, 0.25) is 0 Å². The van der Waals surface area contributed by atoms with Gasteiger partial charge in [0.05, 0.1) is 16.3 Å². The third-order valence-electron chi connectivity index (χ3n) is 3.61. The molecule has 0 aliphatic carbocycles. The summed E-state index contributed by atoms with van der Waals surface area (Å²) in [5.41, 5.74) is 2.39. The van der Waals surface area contributed by atoms with Crippen LogP contribution < -0.4 is 21.4 Å². The molecule has 0 spiro atoms. The van der Waals surface area contributed by atoms with E-state index in [9.17, 15) is 9.90 Å². The van der Waals surface area contributed by atoms with Gasteiger partial charge in [-0.15, -0.1) is 0 Å². The first kappa shape index (κ1) is 14.7. The third-order valence-corrected chi connectivity index (χ3v) is 3.61. The number of phenolic OH excluding ortho intramolecular Hbond substituents is 1. The molecule has 0 amide bonds. The maximum Gasteiger partial charge on any atom is 0.280 e. The molecule has 2 aromatic carbocycles. The SMILES string of the molecule is C=c1[nH]n(-c2ccccc2C)c(=O)c1=CNc1ccc(O)cc1. The molecule has 1 aromatic heterocycles. The molecule has 0 saturated carbocycles. The zero-order valence-corrected chi connectivity index (χ0v) is 12.7. The number of nitrogens with zero attached hydrogens (tertiary/aromatic N) is 1. The number of benzene rings is 2. The van der Waals surface area contributed by atoms with Crippen molar-refractivity contribution in [2.75, 3.05) is 5.32 Å². The number of H-pyrrole nitrogens is 1. The number of nitrogens with one attached hydrogen (secondary N) is 2. The molecule has 0 aliphatic rings. The molecule has 0 radical (unpaired) electrons. The lowest BCUT2D eigenvalue weighted by Gasteiger charge is -2.04. The number of hydrogen-bond acceptors (Lipinski definition) is 3.